The number of aliphatic hydroxyl groups is 1. The summed E-state index contributed by atoms with van der Waals surface area (Å²) in [5, 5.41) is 12.4. The highest BCUT2D eigenvalue weighted by Gasteiger charge is 2.47. The zero-order chi connectivity index (χ0) is 30.8. The molecule has 0 radical (unpaired) electrons. The first kappa shape index (κ1) is 32.2. The Hall–Kier alpha value is -2.72. The number of nitrogens with two attached hydrogens (primary N) is 1. The summed E-state index contributed by atoms with van der Waals surface area (Å²) >= 11 is 5.84. The summed E-state index contributed by atoms with van der Waals surface area (Å²) in [4.78, 5) is 36.7. The zero-order valence-corrected chi connectivity index (χ0v) is 24.8. The molecule has 1 aliphatic heterocycles. The molecule has 0 aliphatic carbocycles. The van der Waals surface area contributed by atoms with Crippen molar-refractivity contribution in [1.82, 2.24) is 24.6 Å². The number of fused-ring (bicyclic) bond motifs is 1. The van der Waals surface area contributed by atoms with E-state index in [1.807, 2.05) is 0 Å². The smallest absolute Gasteiger partial charge is 0.465 e. The third-order valence-corrected chi connectivity index (χ3v) is 9.07. The van der Waals surface area contributed by atoms with Crippen molar-refractivity contribution >= 4 is 50.1 Å². The molecule has 0 spiro atoms. The predicted octanol–water partition coefficient (Wildman–Crippen LogP) is 2.28. The molecule has 4 rings (SSSR count). The summed E-state index contributed by atoms with van der Waals surface area (Å²) in [6.07, 6.45) is -6.44. The molecule has 0 saturated carbocycles. The van der Waals surface area contributed by atoms with Crippen LogP contribution in [0.1, 0.15) is 27.0 Å². The van der Waals surface area contributed by atoms with Crippen molar-refractivity contribution in [1.29, 1.82) is 0 Å². The number of aliphatic hydroxyl groups excluding tert-OH is 1. The van der Waals surface area contributed by atoms with E-state index in [2.05, 4.69) is 20.0 Å². The lowest BCUT2D eigenvalue weighted by molar-refractivity contribution is -0.220. The number of phosphoric ester groups is 1. The van der Waals surface area contributed by atoms with Gasteiger partial charge in [0.15, 0.2) is 23.9 Å². The van der Waals surface area contributed by atoms with Crippen LogP contribution in [0.5, 0.6) is 5.75 Å². The number of halogens is 2. The molecular weight excluding hydrogens is 625 g/mol. The van der Waals surface area contributed by atoms with Crippen molar-refractivity contribution in [3.05, 3.63) is 41.9 Å². The van der Waals surface area contributed by atoms with Crippen LogP contribution in [0.2, 0.25) is 5.28 Å². The summed E-state index contributed by atoms with van der Waals surface area (Å²) in [5.74, 6) is -1.01. The molecule has 0 bridgehead atoms. The van der Waals surface area contributed by atoms with E-state index < -0.39 is 64.9 Å². The fourth-order valence-electron chi connectivity index (χ4n) is 3.79. The third kappa shape index (κ3) is 7.61. The highest BCUT2D eigenvalue weighted by atomic mass is 35.5. The standard InChI is InChI=1S/C22H28ClFN6O10P2/c1-11(2)37-21(32)12(3)29-41(33,39-13-7-5-4-6-8-13)40-42(34,35)36-9-14-17(31)15(24)20(38-14)30-10-26-16-18(25)27-22(23)28-19(16)30/h4-8,10-12,14-15,17,20,31H,9H2,1-3H3,(H,29,33)(H,34,35)(H2,25,27,28)/p-1/t12-,14+,15+,17?,20+,41?/m0/s1. The maximum absolute atomic E-state index is 15.1. The fraction of sp³-hybridized carbons (Fsp3) is 0.455. The summed E-state index contributed by atoms with van der Waals surface area (Å²) in [7, 11) is -10.4. The minimum atomic E-state index is -5.54. The highest BCUT2D eigenvalue weighted by Crippen LogP contribution is 2.58. The number of carbonyl (C=O) groups is 1. The molecule has 3 aromatic rings. The number of hydrogen-bond acceptors (Lipinski definition) is 14. The van der Waals surface area contributed by atoms with Crippen LogP contribution < -0.4 is 20.2 Å². The van der Waals surface area contributed by atoms with Gasteiger partial charge in [0.2, 0.25) is 5.28 Å². The molecule has 3 unspecified atom stereocenters. The number of nitrogens with one attached hydrogen (secondary N) is 1. The maximum Gasteiger partial charge on any atom is 0.465 e. The van der Waals surface area contributed by atoms with Crippen LogP contribution in [0.25, 0.3) is 11.2 Å². The number of carbonyl (C=O) groups excluding carboxylic acids is 1. The number of esters is 1. The van der Waals surface area contributed by atoms with Gasteiger partial charge < -0.3 is 34.3 Å². The number of aromatic nitrogens is 4. The van der Waals surface area contributed by atoms with Crippen molar-refractivity contribution in [2.24, 2.45) is 0 Å². The van der Waals surface area contributed by atoms with E-state index in [0.29, 0.717) is 0 Å². The number of phosphoric acid groups is 1. The Morgan fingerprint density at radius 3 is 2.64 bits per heavy atom. The normalized spacial score (nSPS) is 24.3. The molecular formula is C22H27ClFN6O10P2-. The minimum Gasteiger partial charge on any atom is -0.756 e. The maximum atomic E-state index is 15.1. The number of nitrogens with zero attached hydrogens (tertiary/aromatic N) is 4. The molecule has 3 heterocycles. The van der Waals surface area contributed by atoms with Crippen LogP contribution >= 0.6 is 27.2 Å². The molecule has 7 atom stereocenters. The second-order valence-electron chi connectivity index (χ2n) is 9.26. The van der Waals surface area contributed by atoms with Gasteiger partial charge in [0, 0.05) is 0 Å². The van der Waals surface area contributed by atoms with Gasteiger partial charge in [-0.2, -0.15) is 15.1 Å². The van der Waals surface area contributed by atoms with Gasteiger partial charge in [-0.3, -0.25) is 13.9 Å². The predicted molar refractivity (Wildman–Crippen MR) is 143 cm³/mol. The van der Waals surface area contributed by atoms with Gasteiger partial charge in [-0.25, -0.2) is 18.3 Å². The second-order valence-corrected chi connectivity index (χ2v) is 12.8. The molecule has 1 aromatic carbocycles. The van der Waals surface area contributed by atoms with Gasteiger partial charge in [0.05, 0.1) is 19.0 Å². The summed E-state index contributed by atoms with van der Waals surface area (Å²) in [6.45, 7) is 3.46. The lowest BCUT2D eigenvalue weighted by Crippen LogP contribution is -2.36. The van der Waals surface area contributed by atoms with E-state index in [9.17, 15) is 23.9 Å². The quantitative estimate of drug-likeness (QED) is 0.145. The molecule has 1 fully saturated rings. The van der Waals surface area contributed by atoms with Crippen LogP contribution in [-0.2, 0) is 32.2 Å². The molecule has 2 aromatic heterocycles. The summed E-state index contributed by atoms with van der Waals surface area (Å²) in [6, 6.07) is 6.04. The largest absolute Gasteiger partial charge is 0.756 e. The van der Waals surface area contributed by atoms with Crippen LogP contribution in [0, 0.1) is 0 Å². The monoisotopic (exact) mass is 651 g/mol. The average Bonchev–Trinajstić information content (AvgIpc) is 3.43. The topological polar surface area (TPSA) is 222 Å². The van der Waals surface area contributed by atoms with Gasteiger partial charge in [-0.1, -0.05) is 18.2 Å². The van der Waals surface area contributed by atoms with E-state index in [4.69, 9.17) is 40.2 Å². The van der Waals surface area contributed by atoms with Gasteiger partial charge >= 0.3 is 13.7 Å². The summed E-state index contributed by atoms with van der Waals surface area (Å²) < 4.78 is 67.8. The minimum absolute atomic E-state index is 0.00179. The molecule has 230 valence electrons. The molecule has 16 nitrogen and oxygen atoms in total. The van der Waals surface area contributed by atoms with Crippen molar-refractivity contribution < 1.29 is 51.1 Å². The molecule has 20 heteroatoms. The van der Waals surface area contributed by atoms with E-state index in [1.54, 1.807) is 19.9 Å². The number of alkyl halides is 1. The highest BCUT2D eigenvalue weighted by molar-refractivity contribution is 7.63. The van der Waals surface area contributed by atoms with Gasteiger partial charge in [-0.15, -0.1) is 0 Å². The zero-order valence-electron chi connectivity index (χ0n) is 22.3. The van der Waals surface area contributed by atoms with Crippen molar-refractivity contribution in [3.8, 4) is 5.75 Å². The van der Waals surface area contributed by atoms with E-state index in [-0.39, 0.29) is 28.0 Å². The van der Waals surface area contributed by atoms with Crippen molar-refractivity contribution in [2.45, 2.75) is 57.5 Å². The Morgan fingerprint density at radius 2 is 1.98 bits per heavy atom. The van der Waals surface area contributed by atoms with Crippen LogP contribution in [-0.4, -0.2) is 67.7 Å². The molecule has 4 N–H and O–H groups in total. The number of nitrogen functional groups attached to an aromatic ring is 1. The first-order chi connectivity index (χ1) is 19.7. The molecule has 42 heavy (non-hydrogen) atoms. The van der Waals surface area contributed by atoms with Crippen LogP contribution in [0.15, 0.2) is 36.7 Å². The first-order valence-electron chi connectivity index (χ1n) is 12.3. The molecule has 1 saturated heterocycles. The van der Waals surface area contributed by atoms with Crippen molar-refractivity contribution in [3.63, 3.8) is 0 Å². The summed E-state index contributed by atoms with van der Waals surface area (Å²) in [5.41, 5.74) is 5.86. The number of hydrogen-bond donors (Lipinski definition) is 3. The number of ether oxygens (including phenoxy) is 2. The SMILES string of the molecule is CC(C)OC(=O)[C@H](C)NP(=O)(Oc1ccccc1)OP(=O)([O-])OC[C@H]1O[C@@H](n2cnc3c(N)nc(Cl)nc32)[C@H](F)C1O. The number of anilines is 1. The average molecular weight is 652 g/mol. The number of imidazole rings is 1. The van der Waals surface area contributed by atoms with E-state index >= 15 is 4.39 Å². The number of benzene rings is 1. The Balaban J connectivity index is 1.47. The Morgan fingerprint density at radius 1 is 1.29 bits per heavy atom. The fourth-order valence-corrected chi connectivity index (χ4v) is 6.89. The lowest BCUT2D eigenvalue weighted by Gasteiger charge is -2.30. The van der Waals surface area contributed by atoms with Crippen LogP contribution in [0.3, 0.4) is 0 Å². The molecule has 0 amide bonds. The van der Waals surface area contributed by atoms with Crippen LogP contribution in [0.4, 0.5) is 10.2 Å². The van der Waals surface area contributed by atoms with E-state index in [1.165, 1.54) is 31.2 Å². The van der Waals surface area contributed by atoms with Crippen molar-refractivity contribution in [2.75, 3.05) is 12.3 Å². The Bertz CT molecular complexity index is 1520. The van der Waals surface area contributed by atoms with Gasteiger partial charge in [0.25, 0.3) is 7.82 Å². The Kier molecular flexibility index (Phi) is 9.87. The number of rotatable bonds is 12. The lowest BCUT2D eigenvalue weighted by atomic mass is 10.1. The Labute approximate surface area is 243 Å². The number of para-hydroxylation sites is 1. The second kappa shape index (κ2) is 12.9. The van der Waals surface area contributed by atoms with Gasteiger partial charge in [-0.05, 0) is 44.5 Å². The first-order valence-corrected chi connectivity index (χ1v) is 15.7. The van der Waals surface area contributed by atoms with E-state index in [0.717, 1.165) is 10.9 Å². The molecule has 1 aliphatic rings. The third-order valence-electron chi connectivity index (χ3n) is 5.62. The van der Waals surface area contributed by atoms with Gasteiger partial charge in [0.1, 0.15) is 29.5 Å².